The van der Waals surface area contributed by atoms with Gasteiger partial charge in [0, 0.05) is 32.7 Å². The fraction of sp³-hybridized carbons (Fsp3) is 0.250. The average Bonchev–Trinajstić information content (AvgIpc) is 2.50. The van der Waals surface area contributed by atoms with Gasteiger partial charge in [-0.15, -0.1) is 28.7 Å². The van der Waals surface area contributed by atoms with E-state index in [4.69, 9.17) is 10.00 Å². The van der Waals surface area contributed by atoms with E-state index in [1.54, 1.807) is 47.7 Å². The van der Waals surface area contributed by atoms with Crippen LogP contribution in [-0.4, -0.2) is 17.6 Å². The summed E-state index contributed by atoms with van der Waals surface area (Å²) in [5.74, 6) is 0.501. The maximum absolute atomic E-state index is 12.8. The van der Waals surface area contributed by atoms with E-state index in [0.717, 1.165) is 10.1 Å². The van der Waals surface area contributed by atoms with Crippen molar-refractivity contribution in [1.82, 2.24) is 4.57 Å². The van der Waals surface area contributed by atoms with E-state index in [0.29, 0.717) is 20.6 Å². The Hall–Kier alpha value is -0.846. The Kier molecular flexibility index (Phi) is 8.47. The first-order chi connectivity index (χ1) is 10.9. The predicted molar refractivity (Wildman–Crippen MR) is 89.5 cm³/mol. The number of alkyl halides is 2. The van der Waals surface area contributed by atoms with E-state index < -0.39 is 18.5 Å². The van der Waals surface area contributed by atoms with Crippen LogP contribution < -0.4 is 10.3 Å². The van der Waals surface area contributed by atoms with E-state index in [-0.39, 0.29) is 39.3 Å². The molecule has 0 aliphatic carbocycles. The zero-order valence-electron chi connectivity index (χ0n) is 12.7. The van der Waals surface area contributed by atoms with Crippen molar-refractivity contribution in [2.45, 2.75) is 19.9 Å². The van der Waals surface area contributed by atoms with Gasteiger partial charge in [0.25, 0.3) is 6.43 Å². The Morgan fingerprint density at radius 1 is 1.46 bits per heavy atom. The largest absolute Gasteiger partial charge is 0.479 e. The third kappa shape index (κ3) is 5.07. The first-order valence-corrected chi connectivity index (χ1v) is 7.72. The number of rotatable bonds is 5. The molecule has 2 aromatic rings. The van der Waals surface area contributed by atoms with Crippen LogP contribution in [0.4, 0.5) is 8.78 Å². The van der Waals surface area contributed by atoms with Gasteiger partial charge in [0.15, 0.2) is 6.61 Å². The molecule has 2 rings (SSSR count). The van der Waals surface area contributed by atoms with Crippen molar-refractivity contribution in [1.29, 1.82) is 5.26 Å². The van der Waals surface area contributed by atoms with Gasteiger partial charge >= 0.3 is 0 Å². The summed E-state index contributed by atoms with van der Waals surface area (Å²) in [6, 6.07) is 11.2. The molecule has 0 saturated carbocycles. The first kappa shape index (κ1) is 21.2. The molecule has 4 nitrogen and oxygen atoms in total. The molecule has 0 amide bonds. The maximum Gasteiger partial charge on any atom is 0.256 e. The van der Waals surface area contributed by atoms with E-state index >= 15 is 0 Å². The topological polar surface area (TPSA) is 55.0 Å². The van der Waals surface area contributed by atoms with Gasteiger partial charge in [-0.25, -0.2) is 8.78 Å². The number of ether oxygens (including phenoxy) is 1. The fourth-order valence-electron chi connectivity index (χ4n) is 2.14. The zero-order valence-corrected chi connectivity index (χ0v) is 17.7. The van der Waals surface area contributed by atoms with Gasteiger partial charge in [0.1, 0.15) is 11.8 Å². The molecule has 0 aliphatic rings. The molecule has 1 radical (unpaired) electrons. The van der Waals surface area contributed by atoms with Crippen LogP contribution in [0.2, 0.25) is 0 Å². The number of nitriles is 1. The molecule has 1 aromatic heterocycles. The van der Waals surface area contributed by atoms with Gasteiger partial charge in [-0.1, -0.05) is 23.7 Å². The molecule has 24 heavy (non-hydrogen) atoms. The second kappa shape index (κ2) is 9.59. The van der Waals surface area contributed by atoms with Crippen molar-refractivity contribution in [3.05, 3.63) is 49.8 Å². The second-order valence-corrected chi connectivity index (χ2v) is 5.88. The molecule has 1 heterocycles. The molecule has 0 atom stereocenters. The molecule has 0 spiro atoms. The summed E-state index contributed by atoms with van der Waals surface area (Å²) in [6.07, 6.45) is -2.64. The smallest absolute Gasteiger partial charge is 0.256 e. The van der Waals surface area contributed by atoms with Crippen molar-refractivity contribution in [2.24, 2.45) is 0 Å². The van der Waals surface area contributed by atoms with Crippen LogP contribution in [0.15, 0.2) is 29.1 Å². The van der Waals surface area contributed by atoms with Gasteiger partial charge in [0.05, 0.1) is 6.54 Å². The van der Waals surface area contributed by atoms with Crippen LogP contribution in [0.3, 0.4) is 0 Å². The summed E-state index contributed by atoms with van der Waals surface area (Å²) in [6.45, 7) is 1.01. The van der Waals surface area contributed by atoms with E-state index in [1.165, 1.54) is 6.07 Å². The molecule has 0 aliphatic heterocycles. The minimum Gasteiger partial charge on any atom is -0.479 e. The summed E-state index contributed by atoms with van der Waals surface area (Å²) in [5, 5.41) is 8.52. The van der Waals surface area contributed by atoms with Crippen LogP contribution in [0.25, 0.3) is 11.3 Å². The van der Waals surface area contributed by atoms with Crippen LogP contribution in [-0.2, 0) is 39.3 Å². The summed E-state index contributed by atoms with van der Waals surface area (Å²) in [7, 11) is 0. The van der Waals surface area contributed by atoms with Crippen LogP contribution in [0, 0.1) is 27.9 Å². The van der Waals surface area contributed by atoms with Crippen molar-refractivity contribution < 1.29 is 46.2 Å². The van der Waals surface area contributed by atoms with Gasteiger partial charge in [0.2, 0.25) is 5.56 Å². The molecule has 123 valence electrons. The van der Waals surface area contributed by atoms with Gasteiger partial charge < -0.3 is 9.30 Å². The number of nitrogens with zero attached hydrogens (tertiary/aromatic N) is 2. The molecule has 0 N–H and O–H groups in total. The molecule has 1 aromatic carbocycles. The Balaban J connectivity index is 0.00000288. The summed E-state index contributed by atoms with van der Waals surface area (Å²) in [5.41, 5.74) is 1.19. The third-order valence-corrected chi connectivity index (χ3v) is 3.90. The van der Waals surface area contributed by atoms with Gasteiger partial charge in [-0.2, -0.15) is 17.4 Å². The third-order valence-electron chi connectivity index (χ3n) is 3.13. The molecule has 0 saturated heterocycles. The van der Waals surface area contributed by atoms with E-state index in [1.807, 2.05) is 6.07 Å². The van der Waals surface area contributed by atoms with E-state index in [9.17, 15) is 13.6 Å². The Labute approximate surface area is 176 Å². The number of benzene rings is 1. The second-order valence-electron chi connectivity index (χ2n) is 4.72. The van der Waals surface area contributed by atoms with Crippen molar-refractivity contribution in [3.8, 4) is 23.1 Å². The number of hydrogen-bond donors (Lipinski definition) is 0. The molecule has 0 bridgehead atoms. The number of pyridine rings is 1. The zero-order chi connectivity index (χ0) is 17.0. The van der Waals surface area contributed by atoms with Gasteiger partial charge in [-0.3, -0.25) is 4.79 Å². The standard InChI is InChI=1S/C16H12F2IN2O2.Y/c1-10-8-11(23-7-6-20)2-3-12(10)14-5-4-13(19)16(22)21(14)9-15(17)18;/h2-4,8,15H,7,9H2,1H3;/q-1;. The molecular weight excluding hydrogens is 506 g/mol. The Bertz CT molecular complexity index is 819. The molecular formula is C16H12F2IN2O2Y-. The molecule has 8 heteroatoms. The van der Waals surface area contributed by atoms with Crippen LogP contribution >= 0.6 is 22.6 Å². The molecule has 0 fully saturated rings. The number of aryl methyl sites for hydroxylation is 1. The Morgan fingerprint density at radius 3 is 2.75 bits per heavy atom. The van der Waals surface area contributed by atoms with Crippen molar-refractivity contribution >= 4 is 22.6 Å². The SMILES string of the molecule is Cc1cc(OCC#N)ccc1-c1[c-]cc(I)c(=O)n1CC(F)F.[Y]. The monoisotopic (exact) mass is 518 g/mol. The van der Waals surface area contributed by atoms with Crippen molar-refractivity contribution in [2.75, 3.05) is 6.61 Å². The quantitative estimate of drug-likeness (QED) is 0.451. The van der Waals surface area contributed by atoms with Crippen LogP contribution in [0.1, 0.15) is 5.56 Å². The van der Waals surface area contributed by atoms with Crippen molar-refractivity contribution in [3.63, 3.8) is 0 Å². The molecule has 0 unspecified atom stereocenters. The number of hydrogen-bond acceptors (Lipinski definition) is 3. The number of aromatic nitrogens is 1. The normalized spacial score (nSPS) is 10.2. The first-order valence-electron chi connectivity index (χ1n) is 6.64. The maximum atomic E-state index is 12.8. The van der Waals surface area contributed by atoms with Crippen LogP contribution in [0.5, 0.6) is 5.75 Å². The number of halogens is 3. The minimum atomic E-state index is -2.64. The summed E-state index contributed by atoms with van der Waals surface area (Å²) < 4.78 is 32.2. The van der Waals surface area contributed by atoms with Gasteiger partial charge in [-0.05, 0) is 15.7 Å². The minimum absolute atomic E-state index is 0. The summed E-state index contributed by atoms with van der Waals surface area (Å²) >= 11 is 1.80. The summed E-state index contributed by atoms with van der Waals surface area (Å²) in [4.78, 5) is 12.2. The Morgan fingerprint density at radius 2 is 2.17 bits per heavy atom. The predicted octanol–water partition coefficient (Wildman–Crippen LogP) is 3.39. The average molecular weight is 518 g/mol. The van der Waals surface area contributed by atoms with E-state index in [2.05, 4.69) is 6.07 Å². The fourth-order valence-corrected chi connectivity index (χ4v) is 2.59.